The average molecular weight is 385 g/mol. The average Bonchev–Trinajstić information content (AvgIpc) is 3.27. The van der Waals surface area contributed by atoms with Crippen LogP contribution >= 0.6 is 0 Å². The van der Waals surface area contributed by atoms with Crippen LogP contribution in [0.2, 0.25) is 0 Å². The van der Waals surface area contributed by atoms with E-state index in [0.717, 1.165) is 38.2 Å². The van der Waals surface area contributed by atoms with E-state index in [4.69, 9.17) is 9.47 Å². The summed E-state index contributed by atoms with van der Waals surface area (Å²) in [5.74, 6) is 1.19. The number of aromatic amines is 1. The Morgan fingerprint density at radius 3 is 2.82 bits per heavy atom. The molecule has 2 N–H and O–H groups in total. The third-order valence-electron chi connectivity index (χ3n) is 6.03. The molecule has 4 rings (SSSR count). The molecule has 1 saturated carbocycles. The fourth-order valence-corrected chi connectivity index (χ4v) is 4.51. The first kappa shape index (κ1) is 19.0. The van der Waals surface area contributed by atoms with E-state index in [-0.39, 0.29) is 6.10 Å². The molecule has 2 fully saturated rings. The smallest absolute Gasteiger partial charge is 0.337 e. The van der Waals surface area contributed by atoms with Crippen molar-refractivity contribution in [2.45, 2.75) is 38.5 Å². The third-order valence-corrected chi connectivity index (χ3v) is 6.03. The van der Waals surface area contributed by atoms with Gasteiger partial charge >= 0.3 is 5.97 Å². The minimum Gasteiger partial charge on any atom is -0.488 e. The Morgan fingerprint density at radius 2 is 2.11 bits per heavy atom. The topological polar surface area (TPSA) is 87.7 Å². The number of aryl methyl sites for hydroxylation is 1. The summed E-state index contributed by atoms with van der Waals surface area (Å²) in [6.07, 6.45) is 2.69. The summed E-state index contributed by atoms with van der Waals surface area (Å²) < 4.78 is 10.8. The number of aliphatic hydroxyl groups is 1. The summed E-state index contributed by atoms with van der Waals surface area (Å²) in [5, 5.41) is 17.7. The zero-order valence-electron chi connectivity index (χ0n) is 16.3. The van der Waals surface area contributed by atoms with Gasteiger partial charge in [0.15, 0.2) is 0 Å². The Kier molecular flexibility index (Phi) is 5.37. The second-order valence-electron chi connectivity index (χ2n) is 7.95. The Balaban J connectivity index is 1.39. The summed E-state index contributed by atoms with van der Waals surface area (Å²) in [6, 6.07) is 6.95. The molecule has 2 aromatic rings. The highest BCUT2D eigenvalue weighted by Gasteiger charge is 2.42. The maximum atomic E-state index is 11.7. The van der Waals surface area contributed by atoms with Crippen LogP contribution in [0.4, 0.5) is 0 Å². The van der Waals surface area contributed by atoms with Gasteiger partial charge in [-0.3, -0.25) is 10.00 Å². The number of methoxy groups -OCH3 is 1. The van der Waals surface area contributed by atoms with Crippen LogP contribution in [0.15, 0.2) is 30.5 Å². The number of ether oxygens (including phenoxy) is 2. The normalized spacial score (nSPS) is 27.4. The number of likely N-dealkylation sites (tertiary alicyclic amines) is 1. The second kappa shape index (κ2) is 7.93. The van der Waals surface area contributed by atoms with Gasteiger partial charge in [0.1, 0.15) is 11.9 Å². The highest BCUT2D eigenvalue weighted by atomic mass is 16.5. The van der Waals surface area contributed by atoms with E-state index in [1.807, 2.05) is 19.2 Å². The standard InChI is InChI=1S/C21H27N3O4/c1-13-17(9-22-23-13)12-24-10-15-7-19(25)20(8-16(15)11-24)28-18-5-3-4-14(6-18)21(26)27-2/h3-6,9,15-16,19-20,25H,7-8,10-12H2,1-2H3,(H,22,23)/t15-,16+,19+,20+/m0/s1. The first-order valence-corrected chi connectivity index (χ1v) is 9.77. The van der Waals surface area contributed by atoms with Crippen LogP contribution in [0, 0.1) is 18.8 Å². The molecule has 150 valence electrons. The van der Waals surface area contributed by atoms with Gasteiger partial charge in [-0.05, 0) is 49.8 Å². The molecule has 7 heteroatoms. The van der Waals surface area contributed by atoms with Crippen LogP contribution in [0.5, 0.6) is 5.75 Å². The molecule has 1 aliphatic heterocycles. The molecular weight excluding hydrogens is 358 g/mol. The first-order chi connectivity index (χ1) is 13.5. The zero-order valence-corrected chi connectivity index (χ0v) is 16.3. The number of rotatable bonds is 5. The zero-order chi connectivity index (χ0) is 19.7. The highest BCUT2D eigenvalue weighted by molar-refractivity contribution is 5.89. The molecule has 0 unspecified atom stereocenters. The van der Waals surface area contributed by atoms with Gasteiger partial charge in [0.05, 0.1) is 25.0 Å². The monoisotopic (exact) mass is 385 g/mol. The van der Waals surface area contributed by atoms with E-state index in [0.29, 0.717) is 23.1 Å². The molecule has 2 aliphatic rings. The van der Waals surface area contributed by atoms with Crippen molar-refractivity contribution in [2.75, 3.05) is 20.2 Å². The maximum Gasteiger partial charge on any atom is 0.337 e. The van der Waals surface area contributed by atoms with Gasteiger partial charge in [-0.25, -0.2) is 4.79 Å². The first-order valence-electron chi connectivity index (χ1n) is 9.77. The van der Waals surface area contributed by atoms with Gasteiger partial charge < -0.3 is 14.6 Å². The predicted molar refractivity (Wildman–Crippen MR) is 103 cm³/mol. The van der Waals surface area contributed by atoms with E-state index < -0.39 is 12.1 Å². The van der Waals surface area contributed by atoms with Crippen molar-refractivity contribution in [2.24, 2.45) is 11.8 Å². The van der Waals surface area contributed by atoms with Gasteiger partial charge in [-0.15, -0.1) is 0 Å². The maximum absolute atomic E-state index is 11.7. The number of nitrogens with zero attached hydrogens (tertiary/aromatic N) is 2. The molecule has 0 radical (unpaired) electrons. The third kappa shape index (κ3) is 3.91. The van der Waals surface area contributed by atoms with Crippen LogP contribution in [0.1, 0.15) is 34.5 Å². The van der Waals surface area contributed by atoms with Gasteiger partial charge in [0, 0.05) is 30.9 Å². The molecule has 4 atom stereocenters. The summed E-state index contributed by atoms with van der Waals surface area (Å²) in [6.45, 7) is 4.93. The molecular formula is C21H27N3O4. The number of nitrogens with one attached hydrogen (secondary N) is 1. The van der Waals surface area contributed by atoms with E-state index in [1.54, 1.807) is 18.2 Å². The predicted octanol–water partition coefficient (Wildman–Crippen LogP) is 2.16. The quantitative estimate of drug-likeness (QED) is 0.767. The molecule has 0 amide bonds. The summed E-state index contributed by atoms with van der Waals surface area (Å²) in [4.78, 5) is 14.2. The number of H-pyrrole nitrogens is 1. The lowest BCUT2D eigenvalue weighted by Gasteiger charge is -2.35. The molecule has 1 aliphatic carbocycles. The van der Waals surface area contributed by atoms with Gasteiger partial charge in [0.2, 0.25) is 0 Å². The molecule has 28 heavy (non-hydrogen) atoms. The number of fused-ring (bicyclic) bond motifs is 1. The lowest BCUT2D eigenvalue weighted by atomic mass is 9.78. The Bertz CT molecular complexity index is 837. The molecule has 0 bridgehead atoms. The van der Waals surface area contributed by atoms with Crippen molar-refractivity contribution >= 4 is 5.97 Å². The lowest BCUT2D eigenvalue weighted by Crippen LogP contribution is -2.42. The molecule has 0 spiro atoms. The molecule has 1 aromatic carbocycles. The van der Waals surface area contributed by atoms with Crippen molar-refractivity contribution in [1.82, 2.24) is 15.1 Å². The summed E-state index contributed by atoms with van der Waals surface area (Å²) in [7, 11) is 1.36. The number of aromatic nitrogens is 2. The number of hydrogen-bond acceptors (Lipinski definition) is 6. The Labute approximate surface area is 164 Å². The fraction of sp³-hybridized carbons (Fsp3) is 0.524. The van der Waals surface area contributed by atoms with E-state index in [2.05, 4.69) is 15.1 Å². The molecule has 1 aromatic heterocycles. The van der Waals surface area contributed by atoms with Crippen LogP contribution in [0.3, 0.4) is 0 Å². The van der Waals surface area contributed by atoms with E-state index >= 15 is 0 Å². The number of carbonyl (C=O) groups excluding carboxylic acids is 1. The Hall–Kier alpha value is -2.38. The van der Waals surface area contributed by atoms with Crippen LogP contribution in [-0.2, 0) is 11.3 Å². The van der Waals surface area contributed by atoms with Crippen molar-refractivity contribution < 1.29 is 19.4 Å². The summed E-state index contributed by atoms with van der Waals surface area (Å²) >= 11 is 0. The molecule has 1 saturated heterocycles. The largest absolute Gasteiger partial charge is 0.488 e. The van der Waals surface area contributed by atoms with E-state index in [1.165, 1.54) is 12.7 Å². The van der Waals surface area contributed by atoms with Crippen molar-refractivity contribution in [1.29, 1.82) is 0 Å². The molecule has 2 heterocycles. The second-order valence-corrected chi connectivity index (χ2v) is 7.95. The lowest BCUT2D eigenvalue weighted by molar-refractivity contribution is -0.0231. The van der Waals surface area contributed by atoms with Crippen molar-refractivity contribution in [3.8, 4) is 5.75 Å². The highest BCUT2D eigenvalue weighted by Crippen LogP contribution is 2.38. The van der Waals surface area contributed by atoms with Crippen LogP contribution < -0.4 is 4.74 Å². The fourth-order valence-electron chi connectivity index (χ4n) is 4.51. The number of benzene rings is 1. The number of esters is 1. The van der Waals surface area contributed by atoms with Crippen LogP contribution in [0.25, 0.3) is 0 Å². The minimum absolute atomic E-state index is 0.259. The summed E-state index contributed by atoms with van der Waals surface area (Å²) in [5.41, 5.74) is 2.79. The number of hydrogen-bond donors (Lipinski definition) is 2. The van der Waals surface area contributed by atoms with Crippen LogP contribution in [-0.4, -0.2) is 58.6 Å². The van der Waals surface area contributed by atoms with Gasteiger partial charge in [0.25, 0.3) is 0 Å². The van der Waals surface area contributed by atoms with Gasteiger partial charge in [-0.1, -0.05) is 6.07 Å². The Morgan fingerprint density at radius 1 is 1.32 bits per heavy atom. The number of carbonyl (C=O) groups is 1. The number of aliphatic hydroxyl groups excluding tert-OH is 1. The van der Waals surface area contributed by atoms with Gasteiger partial charge in [-0.2, -0.15) is 5.10 Å². The SMILES string of the molecule is COC(=O)c1cccc(O[C@@H]2C[C@@H]3CN(Cc4cn[nH]c4C)C[C@@H]3C[C@H]2O)c1. The van der Waals surface area contributed by atoms with Crippen molar-refractivity contribution in [3.63, 3.8) is 0 Å². The molecule has 7 nitrogen and oxygen atoms in total. The minimum atomic E-state index is -0.501. The van der Waals surface area contributed by atoms with Crippen molar-refractivity contribution in [3.05, 3.63) is 47.3 Å². The van der Waals surface area contributed by atoms with E-state index in [9.17, 15) is 9.90 Å².